The fourth-order valence-electron chi connectivity index (χ4n) is 4.21. The van der Waals surface area contributed by atoms with Crippen LogP contribution in [0.2, 0.25) is 0 Å². The maximum absolute atomic E-state index is 5.88. The van der Waals surface area contributed by atoms with E-state index in [2.05, 4.69) is 63.6 Å². The van der Waals surface area contributed by atoms with Gasteiger partial charge in [0.2, 0.25) is 5.89 Å². The number of ether oxygens (including phenoxy) is 1. The zero-order valence-electron chi connectivity index (χ0n) is 20.0. The molecule has 0 bridgehead atoms. The highest BCUT2D eigenvalue weighted by atomic mass is 127. The van der Waals surface area contributed by atoms with Crippen LogP contribution >= 0.6 is 24.0 Å². The minimum Gasteiger partial charge on any atom is -0.444 e. The molecular formula is C26H34IN5O2. The summed E-state index contributed by atoms with van der Waals surface area (Å²) in [6.07, 6.45) is 2.21. The lowest BCUT2D eigenvalue weighted by Gasteiger charge is -2.35. The number of nitrogens with zero attached hydrogens (tertiary/aromatic N) is 3. The van der Waals surface area contributed by atoms with E-state index in [0.717, 1.165) is 36.9 Å². The standard InChI is InChI=1S/C26H33N5O2.HI/c1-19-15-31(16-20(2)33-19)17-23-12-8-7-11-22(23)13-28-26(27-3)29-14-24-18-32-25(30-24)21-9-5-4-6-10-21;/h4-12,18-20H,13-17H2,1-3H3,(H2,27,28,29);1H. The molecular weight excluding hydrogens is 541 g/mol. The van der Waals surface area contributed by atoms with Gasteiger partial charge in [-0.2, -0.15) is 0 Å². The molecule has 182 valence electrons. The summed E-state index contributed by atoms with van der Waals surface area (Å²) in [6.45, 7) is 8.34. The zero-order valence-corrected chi connectivity index (χ0v) is 22.4. The lowest BCUT2D eigenvalue weighted by molar-refractivity contribution is -0.0705. The summed E-state index contributed by atoms with van der Waals surface area (Å²) < 4.78 is 11.5. The van der Waals surface area contributed by atoms with Crippen molar-refractivity contribution in [2.45, 2.75) is 45.7 Å². The van der Waals surface area contributed by atoms with Crippen molar-refractivity contribution in [1.29, 1.82) is 0 Å². The smallest absolute Gasteiger partial charge is 0.226 e. The monoisotopic (exact) mass is 575 g/mol. The van der Waals surface area contributed by atoms with E-state index in [9.17, 15) is 0 Å². The first-order chi connectivity index (χ1) is 16.1. The SMILES string of the molecule is CN=C(NCc1coc(-c2ccccc2)n1)NCc1ccccc1CN1CC(C)OC(C)C1.I. The van der Waals surface area contributed by atoms with E-state index in [4.69, 9.17) is 9.15 Å². The molecule has 34 heavy (non-hydrogen) atoms. The molecule has 0 spiro atoms. The van der Waals surface area contributed by atoms with Crippen molar-refractivity contribution in [3.63, 3.8) is 0 Å². The molecule has 4 rings (SSSR count). The molecule has 3 aromatic rings. The first-order valence-electron chi connectivity index (χ1n) is 11.5. The van der Waals surface area contributed by atoms with Crippen LogP contribution in [-0.2, 0) is 24.4 Å². The molecule has 2 N–H and O–H groups in total. The normalized spacial score (nSPS) is 18.9. The van der Waals surface area contributed by atoms with Gasteiger partial charge in [0.1, 0.15) is 6.26 Å². The average molecular weight is 575 g/mol. The summed E-state index contributed by atoms with van der Waals surface area (Å²) in [4.78, 5) is 11.4. The molecule has 1 aliphatic rings. The van der Waals surface area contributed by atoms with E-state index in [1.54, 1.807) is 13.3 Å². The van der Waals surface area contributed by atoms with Crippen molar-refractivity contribution in [2.24, 2.45) is 4.99 Å². The largest absolute Gasteiger partial charge is 0.444 e. The van der Waals surface area contributed by atoms with Gasteiger partial charge in [0.25, 0.3) is 0 Å². The lowest BCUT2D eigenvalue weighted by Crippen LogP contribution is -2.45. The maximum Gasteiger partial charge on any atom is 0.226 e. The van der Waals surface area contributed by atoms with Crippen LogP contribution in [0.5, 0.6) is 0 Å². The summed E-state index contributed by atoms with van der Waals surface area (Å²) >= 11 is 0. The number of rotatable bonds is 7. The summed E-state index contributed by atoms with van der Waals surface area (Å²) in [6, 6.07) is 18.5. The van der Waals surface area contributed by atoms with Gasteiger partial charge in [-0.05, 0) is 37.1 Å². The Kier molecular flexibility index (Phi) is 9.91. The number of halogens is 1. The molecule has 0 amide bonds. The first-order valence-corrected chi connectivity index (χ1v) is 11.5. The topological polar surface area (TPSA) is 74.9 Å². The molecule has 2 unspecified atom stereocenters. The van der Waals surface area contributed by atoms with Gasteiger partial charge in [-0.25, -0.2) is 4.98 Å². The van der Waals surface area contributed by atoms with Gasteiger partial charge >= 0.3 is 0 Å². The average Bonchev–Trinajstić information content (AvgIpc) is 3.29. The number of aromatic nitrogens is 1. The molecule has 1 aromatic heterocycles. The lowest BCUT2D eigenvalue weighted by atomic mass is 10.1. The Morgan fingerprint density at radius 1 is 0.971 bits per heavy atom. The van der Waals surface area contributed by atoms with Crippen LogP contribution in [0.3, 0.4) is 0 Å². The minimum absolute atomic E-state index is 0. The molecule has 2 heterocycles. The summed E-state index contributed by atoms with van der Waals surface area (Å²) in [5.41, 5.74) is 4.38. The van der Waals surface area contributed by atoms with E-state index in [-0.39, 0.29) is 36.2 Å². The van der Waals surface area contributed by atoms with Crippen LogP contribution in [0.15, 0.2) is 70.3 Å². The third-order valence-electron chi connectivity index (χ3n) is 5.69. The molecule has 1 aliphatic heterocycles. The number of oxazole rings is 1. The predicted octanol–water partition coefficient (Wildman–Crippen LogP) is 4.43. The molecule has 1 saturated heterocycles. The van der Waals surface area contributed by atoms with Crippen molar-refractivity contribution in [2.75, 3.05) is 20.1 Å². The van der Waals surface area contributed by atoms with Crippen molar-refractivity contribution in [1.82, 2.24) is 20.5 Å². The van der Waals surface area contributed by atoms with Crippen molar-refractivity contribution in [3.05, 3.63) is 77.7 Å². The zero-order chi connectivity index (χ0) is 23.0. The van der Waals surface area contributed by atoms with E-state index in [0.29, 0.717) is 19.0 Å². The highest BCUT2D eigenvalue weighted by Gasteiger charge is 2.22. The van der Waals surface area contributed by atoms with Gasteiger partial charge < -0.3 is 19.8 Å². The Hall–Kier alpha value is -2.43. The molecule has 1 fully saturated rings. The Morgan fingerprint density at radius 2 is 1.62 bits per heavy atom. The molecule has 7 nitrogen and oxygen atoms in total. The number of hydrogen-bond acceptors (Lipinski definition) is 5. The molecule has 0 saturated carbocycles. The summed E-state index contributed by atoms with van der Waals surface area (Å²) in [5.74, 6) is 1.35. The Labute approximate surface area is 219 Å². The summed E-state index contributed by atoms with van der Waals surface area (Å²) in [5, 5.41) is 6.75. The fourth-order valence-corrected chi connectivity index (χ4v) is 4.21. The van der Waals surface area contributed by atoms with Gasteiger partial charge in [0.15, 0.2) is 5.96 Å². The molecule has 2 aromatic carbocycles. The van der Waals surface area contributed by atoms with Gasteiger partial charge in [-0.15, -0.1) is 24.0 Å². The Balaban J connectivity index is 0.00000324. The second-order valence-electron chi connectivity index (χ2n) is 8.51. The van der Waals surface area contributed by atoms with Gasteiger partial charge in [-0.3, -0.25) is 9.89 Å². The number of nitrogens with one attached hydrogen (secondary N) is 2. The second-order valence-corrected chi connectivity index (χ2v) is 8.51. The highest BCUT2D eigenvalue weighted by Crippen LogP contribution is 2.18. The number of benzene rings is 2. The molecule has 0 radical (unpaired) electrons. The third kappa shape index (κ3) is 7.28. The fraction of sp³-hybridized carbons (Fsp3) is 0.385. The van der Waals surface area contributed by atoms with E-state index in [1.165, 1.54) is 11.1 Å². The van der Waals surface area contributed by atoms with Gasteiger partial charge in [-0.1, -0.05) is 42.5 Å². The Bertz CT molecular complexity index is 1050. The van der Waals surface area contributed by atoms with Crippen LogP contribution in [0.1, 0.15) is 30.7 Å². The van der Waals surface area contributed by atoms with E-state index < -0.39 is 0 Å². The van der Waals surface area contributed by atoms with Gasteiger partial charge in [0, 0.05) is 38.8 Å². The van der Waals surface area contributed by atoms with E-state index >= 15 is 0 Å². The number of hydrogen-bond donors (Lipinski definition) is 2. The van der Waals surface area contributed by atoms with Crippen molar-refractivity contribution in [3.8, 4) is 11.5 Å². The van der Waals surface area contributed by atoms with Crippen LogP contribution in [-0.4, -0.2) is 48.2 Å². The van der Waals surface area contributed by atoms with Crippen LogP contribution in [0, 0.1) is 0 Å². The molecule has 8 heteroatoms. The van der Waals surface area contributed by atoms with Gasteiger partial charge in [0.05, 0.1) is 24.4 Å². The maximum atomic E-state index is 5.88. The molecule has 2 atom stereocenters. The quantitative estimate of drug-likeness (QED) is 0.247. The van der Waals surface area contributed by atoms with Crippen LogP contribution in [0.4, 0.5) is 0 Å². The molecule has 0 aliphatic carbocycles. The number of guanidine groups is 1. The second kappa shape index (κ2) is 12.9. The highest BCUT2D eigenvalue weighted by molar-refractivity contribution is 14.0. The summed E-state index contributed by atoms with van der Waals surface area (Å²) in [7, 11) is 1.77. The third-order valence-corrected chi connectivity index (χ3v) is 5.69. The number of morpholine rings is 1. The van der Waals surface area contributed by atoms with Crippen LogP contribution < -0.4 is 10.6 Å². The van der Waals surface area contributed by atoms with Crippen molar-refractivity contribution < 1.29 is 9.15 Å². The van der Waals surface area contributed by atoms with Crippen LogP contribution in [0.25, 0.3) is 11.5 Å². The first kappa shape index (κ1) is 26.2. The van der Waals surface area contributed by atoms with E-state index in [1.807, 2.05) is 30.3 Å². The Morgan fingerprint density at radius 3 is 2.32 bits per heavy atom. The minimum atomic E-state index is 0. The predicted molar refractivity (Wildman–Crippen MR) is 146 cm³/mol. The van der Waals surface area contributed by atoms with Crippen molar-refractivity contribution >= 4 is 29.9 Å². The number of aliphatic imine (C=N–C) groups is 1.